The van der Waals surface area contributed by atoms with E-state index >= 15 is 0 Å². The molecular weight excluding hydrogens is 454 g/mol. The SMILES string of the molecule is CCCNC(=O)[C@H](C)N(Cc1cccc(C)c1)C(=O)CN(c1cccc(C(C)=O)c1)S(C)(=O)=O. The molecule has 1 atom stereocenters. The predicted octanol–water partition coefficient (Wildman–Crippen LogP) is 2.91. The Labute approximate surface area is 202 Å². The van der Waals surface area contributed by atoms with Crippen molar-refractivity contribution >= 4 is 33.3 Å². The number of rotatable bonds is 11. The smallest absolute Gasteiger partial charge is 0.244 e. The van der Waals surface area contributed by atoms with Crippen molar-refractivity contribution in [3.63, 3.8) is 0 Å². The molecule has 0 fully saturated rings. The number of carbonyl (C=O) groups excluding carboxylic acids is 3. The molecule has 34 heavy (non-hydrogen) atoms. The molecule has 0 aliphatic carbocycles. The minimum Gasteiger partial charge on any atom is -0.354 e. The van der Waals surface area contributed by atoms with Crippen LogP contribution in [-0.4, -0.2) is 56.3 Å². The molecule has 0 bridgehead atoms. The van der Waals surface area contributed by atoms with Gasteiger partial charge in [0.15, 0.2) is 5.78 Å². The first-order chi connectivity index (χ1) is 15.9. The van der Waals surface area contributed by atoms with Gasteiger partial charge in [0.05, 0.1) is 11.9 Å². The first-order valence-corrected chi connectivity index (χ1v) is 13.0. The van der Waals surface area contributed by atoms with E-state index in [4.69, 9.17) is 0 Å². The molecule has 0 aliphatic rings. The van der Waals surface area contributed by atoms with Gasteiger partial charge in [0.2, 0.25) is 21.8 Å². The van der Waals surface area contributed by atoms with Gasteiger partial charge < -0.3 is 10.2 Å². The molecule has 2 amide bonds. The van der Waals surface area contributed by atoms with E-state index in [1.54, 1.807) is 19.1 Å². The number of aryl methyl sites for hydroxylation is 1. The highest BCUT2D eigenvalue weighted by molar-refractivity contribution is 7.92. The fourth-order valence-electron chi connectivity index (χ4n) is 3.48. The van der Waals surface area contributed by atoms with Crippen LogP contribution in [0.4, 0.5) is 5.69 Å². The Morgan fingerprint density at radius 3 is 2.32 bits per heavy atom. The molecule has 9 heteroatoms. The second-order valence-electron chi connectivity index (χ2n) is 8.35. The number of sulfonamides is 1. The third-order valence-corrected chi connectivity index (χ3v) is 6.51. The van der Waals surface area contributed by atoms with Crippen molar-refractivity contribution in [3.8, 4) is 0 Å². The lowest BCUT2D eigenvalue weighted by Crippen LogP contribution is -2.51. The summed E-state index contributed by atoms with van der Waals surface area (Å²) in [4.78, 5) is 39.4. The molecule has 0 spiro atoms. The van der Waals surface area contributed by atoms with Gasteiger partial charge in [-0.3, -0.25) is 18.7 Å². The van der Waals surface area contributed by atoms with Crippen molar-refractivity contribution in [3.05, 3.63) is 65.2 Å². The molecule has 0 unspecified atom stereocenters. The molecule has 0 saturated heterocycles. The minimum atomic E-state index is -3.85. The van der Waals surface area contributed by atoms with Crippen LogP contribution in [-0.2, 0) is 26.2 Å². The van der Waals surface area contributed by atoms with Crippen LogP contribution in [0.5, 0.6) is 0 Å². The van der Waals surface area contributed by atoms with E-state index in [2.05, 4.69) is 5.32 Å². The number of carbonyl (C=O) groups is 3. The molecular formula is C25H33N3O5S. The van der Waals surface area contributed by atoms with Crippen molar-refractivity contribution < 1.29 is 22.8 Å². The summed E-state index contributed by atoms with van der Waals surface area (Å²) in [6.07, 6.45) is 1.75. The number of hydrogen-bond donors (Lipinski definition) is 1. The molecule has 8 nitrogen and oxygen atoms in total. The zero-order chi connectivity index (χ0) is 25.5. The van der Waals surface area contributed by atoms with E-state index in [1.165, 1.54) is 24.0 Å². The summed E-state index contributed by atoms with van der Waals surface area (Å²) in [6.45, 7) is 6.99. The van der Waals surface area contributed by atoms with E-state index in [-0.39, 0.29) is 23.9 Å². The van der Waals surface area contributed by atoms with Crippen molar-refractivity contribution in [2.75, 3.05) is 23.7 Å². The number of benzene rings is 2. The highest BCUT2D eigenvalue weighted by atomic mass is 32.2. The van der Waals surface area contributed by atoms with Crippen LogP contribution in [0.1, 0.15) is 48.7 Å². The molecule has 2 aromatic rings. The Morgan fingerprint density at radius 2 is 1.74 bits per heavy atom. The molecule has 0 heterocycles. The summed E-state index contributed by atoms with van der Waals surface area (Å²) in [6, 6.07) is 12.9. The van der Waals surface area contributed by atoms with Gasteiger partial charge in [0.25, 0.3) is 0 Å². The Hall–Kier alpha value is -3.20. The number of Topliss-reactive ketones (excluding diaryl/α,β-unsaturated/α-hetero) is 1. The second-order valence-corrected chi connectivity index (χ2v) is 10.3. The second kappa shape index (κ2) is 11.8. The molecule has 0 radical (unpaired) electrons. The summed E-state index contributed by atoms with van der Waals surface area (Å²) in [7, 11) is -3.85. The number of anilines is 1. The maximum atomic E-state index is 13.5. The molecule has 184 valence electrons. The monoisotopic (exact) mass is 487 g/mol. The van der Waals surface area contributed by atoms with Crippen molar-refractivity contribution in [2.45, 2.75) is 46.7 Å². The third kappa shape index (κ3) is 7.41. The van der Waals surface area contributed by atoms with E-state index in [0.717, 1.165) is 28.1 Å². The standard InChI is InChI=1S/C25H33N3O5S/c1-6-13-26-25(31)19(3)27(16-21-10-7-9-18(2)14-21)24(30)17-28(34(5,32)33)23-12-8-11-22(15-23)20(4)29/h7-12,14-15,19H,6,13,16-17H2,1-5H3,(H,26,31)/t19-/m0/s1. The van der Waals surface area contributed by atoms with Gasteiger partial charge in [-0.15, -0.1) is 0 Å². The summed E-state index contributed by atoms with van der Waals surface area (Å²) >= 11 is 0. The highest BCUT2D eigenvalue weighted by Crippen LogP contribution is 2.21. The average molecular weight is 488 g/mol. The molecule has 0 saturated carbocycles. The van der Waals surface area contributed by atoms with E-state index < -0.39 is 28.5 Å². The van der Waals surface area contributed by atoms with Crippen LogP contribution in [0.15, 0.2) is 48.5 Å². The van der Waals surface area contributed by atoms with Crippen LogP contribution >= 0.6 is 0 Å². The lowest BCUT2D eigenvalue weighted by Gasteiger charge is -2.31. The van der Waals surface area contributed by atoms with Gasteiger partial charge in [0.1, 0.15) is 12.6 Å². The summed E-state index contributed by atoms with van der Waals surface area (Å²) < 4.78 is 26.2. The van der Waals surface area contributed by atoms with Gasteiger partial charge in [0, 0.05) is 18.7 Å². The number of nitrogens with zero attached hydrogens (tertiary/aromatic N) is 2. The predicted molar refractivity (Wildman–Crippen MR) is 133 cm³/mol. The van der Waals surface area contributed by atoms with Gasteiger partial charge in [-0.25, -0.2) is 8.42 Å². The normalized spacial score (nSPS) is 12.0. The van der Waals surface area contributed by atoms with Crippen molar-refractivity contribution in [1.82, 2.24) is 10.2 Å². The Bertz CT molecular complexity index is 1150. The average Bonchev–Trinajstić information content (AvgIpc) is 2.78. The van der Waals surface area contributed by atoms with Gasteiger partial charge >= 0.3 is 0 Å². The number of amides is 2. The molecule has 2 rings (SSSR count). The molecule has 1 N–H and O–H groups in total. The highest BCUT2D eigenvalue weighted by Gasteiger charge is 2.30. The first kappa shape index (κ1) is 27.0. The zero-order valence-electron chi connectivity index (χ0n) is 20.4. The van der Waals surface area contributed by atoms with E-state index in [9.17, 15) is 22.8 Å². The largest absolute Gasteiger partial charge is 0.354 e. The van der Waals surface area contributed by atoms with E-state index in [0.29, 0.717) is 12.1 Å². The van der Waals surface area contributed by atoms with Crippen LogP contribution < -0.4 is 9.62 Å². The van der Waals surface area contributed by atoms with Crippen LogP contribution in [0.3, 0.4) is 0 Å². The minimum absolute atomic E-state index is 0.145. The Morgan fingerprint density at radius 1 is 1.06 bits per heavy atom. The molecule has 0 aliphatic heterocycles. The summed E-state index contributed by atoms with van der Waals surface area (Å²) in [5, 5.41) is 2.80. The number of hydrogen-bond acceptors (Lipinski definition) is 5. The zero-order valence-corrected chi connectivity index (χ0v) is 21.2. The molecule has 2 aromatic carbocycles. The Kier molecular flexibility index (Phi) is 9.37. The lowest BCUT2D eigenvalue weighted by atomic mass is 10.1. The maximum Gasteiger partial charge on any atom is 0.244 e. The topological polar surface area (TPSA) is 104 Å². The van der Waals surface area contributed by atoms with Gasteiger partial charge in [-0.1, -0.05) is 48.9 Å². The van der Waals surface area contributed by atoms with Crippen LogP contribution in [0.25, 0.3) is 0 Å². The number of ketones is 1. The third-order valence-electron chi connectivity index (χ3n) is 5.37. The molecule has 0 aromatic heterocycles. The summed E-state index contributed by atoms with van der Waals surface area (Å²) in [5.74, 6) is -1.06. The van der Waals surface area contributed by atoms with E-state index in [1.807, 2.05) is 38.1 Å². The van der Waals surface area contributed by atoms with Gasteiger partial charge in [-0.05, 0) is 44.9 Å². The maximum absolute atomic E-state index is 13.5. The van der Waals surface area contributed by atoms with Crippen LogP contribution in [0.2, 0.25) is 0 Å². The first-order valence-electron chi connectivity index (χ1n) is 11.2. The van der Waals surface area contributed by atoms with Crippen molar-refractivity contribution in [2.24, 2.45) is 0 Å². The summed E-state index contributed by atoms with van der Waals surface area (Å²) in [5.41, 5.74) is 2.38. The lowest BCUT2D eigenvalue weighted by molar-refractivity contribution is -0.139. The van der Waals surface area contributed by atoms with Crippen LogP contribution in [0, 0.1) is 6.92 Å². The fraction of sp³-hybridized carbons (Fsp3) is 0.400. The van der Waals surface area contributed by atoms with Gasteiger partial charge in [-0.2, -0.15) is 0 Å². The Balaban J connectivity index is 2.41. The quantitative estimate of drug-likeness (QED) is 0.491. The number of nitrogens with one attached hydrogen (secondary N) is 1. The van der Waals surface area contributed by atoms with Crippen molar-refractivity contribution in [1.29, 1.82) is 0 Å². The fourth-order valence-corrected chi connectivity index (χ4v) is 4.32.